The molecule has 0 atom stereocenters. The van der Waals surface area contributed by atoms with E-state index in [0.717, 1.165) is 31.7 Å². The Morgan fingerprint density at radius 3 is 2.48 bits per heavy atom. The van der Waals surface area contributed by atoms with Crippen molar-refractivity contribution in [2.75, 3.05) is 69.9 Å². The summed E-state index contributed by atoms with van der Waals surface area (Å²) >= 11 is 0. The number of rotatable bonds is 13. The number of nitrogens with two attached hydrogens (primary N) is 1. The molecular formula is C27H43N9O4. The first-order valence-corrected chi connectivity index (χ1v) is 13.1. The Kier molecular flexibility index (Phi) is 17.1. The van der Waals surface area contributed by atoms with E-state index in [1.165, 1.54) is 13.1 Å². The summed E-state index contributed by atoms with van der Waals surface area (Å²) in [6.07, 6.45) is 6.67. The highest BCUT2D eigenvalue weighted by Gasteiger charge is 2.18. The average Bonchev–Trinajstić information content (AvgIpc) is 2.97. The van der Waals surface area contributed by atoms with Crippen molar-refractivity contribution in [1.29, 1.82) is 0 Å². The molecule has 3 heterocycles. The number of hydrogen-bond donors (Lipinski definition) is 5. The molecule has 0 aromatic carbocycles. The number of carbonyl (C=O) groups is 3. The maximum atomic E-state index is 11.7. The lowest BCUT2D eigenvalue weighted by atomic mass is 10.1. The summed E-state index contributed by atoms with van der Waals surface area (Å²) in [5.74, 6) is 1.67. The minimum atomic E-state index is -0.0316. The van der Waals surface area contributed by atoms with Crippen LogP contribution in [0.4, 0.5) is 23.1 Å². The number of anilines is 4. The van der Waals surface area contributed by atoms with Crippen LogP contribution in [0.3, 0.4) is 0 Å². The van der Waals surface area contributed by atoms with Gasteiger partial charge >= 0.3 is 0 Å². The fraction of sp³-hybridized carbons (Fsp3) is 0.481. The summed E-state index contributed by atoms with van der Waals surface area (Å²) in [5, 5.41) is 12.7. The molecular weight excluding hydrogens is 514 g/mol. The fourth-order valence-electron chi connectivity index (χ4n) is 3.53. The van der Waals surface area contributed by atoms with Crippen molar-refractivity contribution < 1.29 is 19.1 Å². The molecule has 0 unspecified atom stereocenters. The van der Waals surface area contributed by atoms with E-state index in [0.29, 0.717) is 61.8 Å². The number of aromatic nitrogens is 3. The van der Waals surface area contributed by atoms with Gasteiger partial charge in [-0.2, -0.15) is 0 Å². The standard InChI is InChI=1S/C23H34N8O3.C3H4O.CH5N/c1-4-18-22(27-16-6-11-34-12-7-16)30-23(19(15-32)29-18)28-17-5-8-24-20(13-17)25-9-10-26-21(33)14-31(2)3;1-2-3-4;1-2/h5,8,13,15-16H,4,6-7,9-12,14H2,1-3H3,(H,26,33)(H3,24,25,27,28,30);2-3H,1H2;2H2,1H3. The third-order valence-corrected chi connectivity index (χ3v) is 5.34. The molecule has 220 valence electrons. The molecule has 1 saturated heterocycles. The van der Waals surface area contributed by atoms with Gasteiger partial charge in [0.05, 0.1) is 12.2 Å². The van der Waals surface area contributed by atoms with Gasteiger partial charge < -0.3 is 36.6 Å². The van der Waals surface area contributed by atoms with Gasteiger partial charge in [0.1, 0.15) is 23.6 Å². The van der Waals surface area contributed by atoms with Crippen LogP contribution in [0.25, 0.3) is 0 Å². The van der Waals surface area contributed by atoms with Crippen LogP contribution in [-0.2, 0) is 20.7 Å². The van der Waals surface area contributed by atoms with Crippen LogP contribution in [0, 0.1) is 0 Å². The Balaban J connectivity index is 0.00000122. The SMILES string of the molecule is C=CC=O.CCc1nc(C=O)c(Nc2ccnc(NCCNC(=O)CN(C)C)c2)nc1NC1CCOCC1.CN. The van der Waals surface area contributed by atoms with E-state index in [-0.39, 0.29) is 17.6 Å². The van der Waals surface area contributed by atoms with Crippen LogP contribution in [0.5, 0.6) is 0 Å². The normalized spacial score (nSPS) is 12.6. The lowest BCUT2D eigenvalue weighted by Gasteiger charge is -2.25. The Bertz CT molecular complexity index is 1050. The zero-order valence-corrected chi connectivity index (χ0v) is 23.9. The Morgan fingerprint density at radius 2 is 1.88 bits per heavy atom. The molecule has 40 heavy (non-hydrogen) atoms. The van der Waals surface area contributed by atoms with E-state index in [2.05, 4.69) is 43.5 Å². The zero-order valence-electron chi connectivity index (χ0n) is 23.9. The number of carbonyl (C=O) groups excluding carboxylic acids is 3. The minimum absolute atomic E-state index is 0.0316. The monoisotopic (exact) mass is 557 g/mol. The topological polar surface area (TPSA) is 176 Å². The van der Waals surface area contributed by atoms with Gasteiger partial charge in [-0.1, -0.05) is 13.5 Å². The lowest BCUT2D eigenvalue weighted by Crippen LogP contribution is -2.35. The molecule has 6 N–H and O–H groups in total. The molecule has 0 aliphatic carbocycles. The highest BCUT2D eigenvalue weighted by Crippen LogP contribution is 2.24. The van der Waals surface area contributed by atoms with Gasteiger partial charge in [0.2, 0.25) is 5.91 Å². The van der Waals surface area contributed by atoms with Gasteiger partial charge in [-0.15, -0.1) is 0 Å². The smallest absolute Gasteiger partial charge is 0.234 e. The molecule has 1 fully saturated rings. The number of pyridine rings is 1. The van der Waals surface area contributed by atoms with Crippen LogP contribution in [0.15, 0.2) is 31.0 Å². The molecule has 2 aromatic heterocycles. The molecule has 0 saturated carbocycles. The first-order valence-electron chi connectivity index (χ1n) is 13.1. The molecule has 13 nitrogen and oxygen atoms in total. The summed E-state index contributed by atoms with van der Waals surface area (Å²) in [7, 11) is 5.20. The van der Waals surface area contributed by atoms with Crippen molar-refractivity contribution in [3.8, 4) is 0 Å². The van der Waals surface area contributed by atoms with E-state index < -0.39 is 0 Å². The molecule has 1 aliphatic rings. The maximum Gasteiger partial charge on any atom is 0.234 e. The molecule has 3 rings (SSSR count). The van der Waals surface area contributed by atoms with Gasteiger partial charge in [-0.3, -0.25) is 14.4 Å². The Morgan fingerprint density at radius 1 is 1.18 bits per heavy atom. The number of ether oxygens (including phenoxy) is 1. The number of hydrogen-bond acceptors (Lipinski definition) is 12. The second-order valence-corrected chi connectivity index (χ2v) is 8.70. The van der Waals surface area contributed by atoms with Crippen LogP contribution < -0.4 is 27.0 Å². The fourth-order valence-corrected chi connectivity index (χ4v) is 3.53. The van der Waals surface area contributed by atoms with Crippen LogP contribution in [-0.4, -0.2) is 98.4 Å². The molecule has 13 heteroatoms. The predicted molar refractivity (Wildman–Crippen MR) is 158 cm³/mol. The summed E-state index contributed by atoms with van der Waals surface area (Å²) in [4.78, 5) is 47.8. The molecule has 0 bridgehead atoms. The average molecular weight is 558 g/mol. The lowest BCUT2D eigenvalue weighted by molar-refractivity contribution is -0.121. The maximum absolute atomic E-state index is 11.7. The van der Waals surface area contributed by atoms with Gasteiger partial charge in [0.15, 0.2) is 12.1 Å². The van der Waals surface area contributed by atoms with Crippen molar-refractivity contribution in [3.05, 3.63) is 42.4 Å². The Labute approximate surface area is 236 Å². The van der Waals surface area contributed by atoms with Crippen molar-refractivity contribution in [2.45, 2.75) is 32.2 Å². The quantitative estimate of drug-likeness (QED) is 0.137. The number of allylic oxidation sites excluding steroid dienone is 1. The molecule has 0 radical (unpaired) electrons. The van der Waals surface area contributed by atoms with E-state index in [4.69, 9.17) is 14.5 Å². The van der Waals surface area contributed by atoms with Gasteiger partial charge in [0.25, 0.3) is 0 Å². The number of aldehydes is 2. The third-order valence-electron chi connectivity index (χ3n) is 5.34. The highest BCUT2D eigenvalue weighted by molar-refractivity contribution is 5.82. The van der Waals surface area contributed by atoms with E-state index in [1.807, 2.05) is 32.0 Å². The van der Waals surface area contributed by atoms with Crippen LogP contribution in [0.2, 0.25) is 0 Å². The van der Waals surface area contributed by atoms with E-state index >= 15 is 0 Å². The first kappa shape index (κ1) is 34.1. The highest BCUT2D eigenvalue weighted by atomic mass is 16.5. The van der Waals surface area contributed by atoms with Crippen LogP contribution >= 0.6 is 0 Å². The second kappa shape index (κ2) is 20.0. The molecule has 1 amide bonds. The third kappa shape index (κ3) is 12.7. The second-order valence-electron chi connectivity index (χ2n) is 8.70. The Hall–Kier alpha value is -3.94. The number of nitrogens with zero attached hydrogens (tertiary/aromatic N) is 4. The zero-order chi connectivity index (χ0) is 29.8. The van der Waals surface area contributed by atoms with E-state index in [9.17, 15) is 9.59 Å². The minimum Gasteiger partial charge on any atom is -0.381 e. The first-order chi connectivity index (χ1) is 19.4. The van der Waals surface area contributed by atoms with Crippen molar-refractivity contribution >= 4 is 41.6 Å². The van der Waals surface area contributed by atoms with Crippen molar-refractivity contribution in [1.82, 2.24) is 25.2 Å². The van der Waals surface area contributed by atoms with Crippen molar-refractivity contribution in [3.63, 3.8) is 0 Å². The molecule has 2 aromatic rings. The number of aryl methyl sites for hydroxylation is 1. The number of nitrogens with one attached hydrogen (secondary N) is 4. The molecule has 1 aliphatic heterocycles. The molecule has 0 spiro atoms. The number of amides is 1. The van der Waals surface area contributed by atoms with Gasteiger partial charge in [-0.25, -0.2) is 15.0 Å². The summed E-state index contributed by atoms with van der Waals surface area (Å²) < 4.78 is 5.44. The van der Waals surface area contributed by atoms with Crippen molar-refractivity contribution in [2.24, 2.45) is 5.73 Å². The van der Waals surface area contributed by atoms with E-state index in [1.54, 1.807) is 12.3 Å². The summed E-state index contributed by atoms with van der Waals surface area (Å²) in [5.41, 5.74) is 6.23. The largest absolute Gasteiger partial charge is 0.381 e. The van der Waals surface area contributed by atoms with Crippen LogP contribution in [0.1, 0.15) is 35.9 Å². The summed E-state index contributed by atoms with van der Waals surface area (Å²) in [6, 6.07) is 3.87. The predicted octanol–water partition coefficient (Wildman–Crippen LogP) is 1.62. The van der Waals surface area contributed by atoms with Gasteiger partial charge in [0, 0.05) is 50.3 Å². The summed E-state index contributed by atoms with van der Waals surface area (Å²) in [6.45, 7) is 7.89. The van der Waals surface area contributed by atoms with Gasteiger partial charge in [-0.05, 0) is 52.5 Å². The number of likely N-dealkylation sites (N-methyl/N-ethyl adjacent to an activating group) is 1.